The van der Waals surface area contributed by atoms with Crippen molar-refractivity contribution in [1.29, 1.82) is 0 Å². The molecule has 0 saturated carbocycles. The van der Waals surface area contributed by atoms with Crippen LogP contribution in [-0.2, 0) is 11.2 Å². The van der Waals surface area contributed by atoms with Gasteiger partial charge < -0.3 is 9.64 Å². The van der Waals surface area contributed by atoms with Gasteiger partial charge in [0.1, 0.15) is 17.4 Å². The molecule has 3 aromatic rings. The molecule has 0 N–H and O–H groups in total. The van der Waals surface area contributed by atoms with Crippen LogP contribution in [0.2, 0.25) is 0 Å². The van der Waals surface area contributed by atoms with Crippen molar-refractivity contribution in [2.24, 2.45) is 5.92 Å². The number of hydrogen-bond donors (Lipinski definition) is 0. The summed E-state index contributed by atoms with van der Waals surface area (Å²) in [5, 5.41) is 1.07. The van der Waals surface area contributed by atoms with Crippen molar-refractivity contribution in [1.82, 2.24) is 9.88 Å². The van der Waals surface area contributed by atoms with Crippen LogP contribution in [-0.4, -0.2) is 28.9 Å². The summed E-state index contributed by atoms with van der Waals surface area (Å²) in [5.41, 5.74) is 2.17. The highest BCUT2D eigenvalue weighted by Crippen LogP contribution is 2.37. The Balaban J connectivity index is 1.41. The molecule has 0 radical (unpaired) electrons. The van der Waals surface area contributed by atoms with E-state index in [-0.39, 0.29) is 17.9 Å². The Morgan fingerprint density at radius 2 is 1.96 bits per heavy atom. The predicted molar refractivity (Wildman–Crippen MR) is 107 cm³/mol. The van der Waals surface area contributed by atoms with Gasteiger partial charge in [0, 0.05) is 6.54 Å². The highest BCUT2D eigenvalue weighted by atomic mass is 32.1. The Morgan fingerprint density at radius 3 is 2.89 bits per heavy atom. The van der Waals surface area contributed by atoms with Crippen LogP contribution in [0.1, 0.15) is 35.9 Å². The van der Waals surface area contributed by atoms with Crippen LogP contribution in [0.15, 0.2) is 48.5 Å². The number of carbonyl (C=O) groups is 1. The second-order valence-electron chi connectivity index (χ2n) is 7.38. The number of amides is 1. The first-order valence-electron chi connectivity index (χ1n) is 9.66. The molecular formula is C22H22N2O2S. The van der Waals surface area contributed by atoms with Gasteiger partial charge in [-0.25, -0.2) is 4.98 Å². The van der Waals surface area contributed by atoms with Crippen LogP contribution >= 0.6 is 11.3 Å². The predicted octanol–water partition coefficient (Wildman–Crippen LogP) is 4.60. The van der Waals surface area contributed by atoms with Gasteiger partial charge >= 0.3 is 0 Å². The molecule has 2 aromatic carbocycles. The molecule has 27 heavy (non-hydrogen) atoms. The summed E-state index contributed by atoms with van der Waals surface area (Å²) < 4.78 is 7.07. The van der Waals surface area contributed by atoms with Crippen molar-refractivity contribution in [2.75, 3.05) is 13.2 Å². The first-order valence-corrected chi connectivity index (χ1v) is 10.5. The summed E-state index contributed by atoms with van der Waals surface area (Å²) >= 11 is 1.72. The van der Waals surface area contributed by atoms with Crippen LogP contribution in [0.3, 0.4) is 0 Å². The Bertz CT molecular complexity index is 950. The molecule has 2 aliphatic heterocycles. The van der Waals surface area contributed by atoms with E-state index in [1.165, 1.54) is 4.70 Å². The number of piperidine rings is 1. The zero-order chi connectivity index (χ0) is 18.2. The molecule has 4 nitrogen and oxygen atoms in total. The number of para-hydroxylation sites is 2. The number of rotatable bonds is 2. The van der Waals surface area contributed by atoms with Crippen LogP contribution in [0.25, 0.3) is 10.2 Å². The molecule has 1 aromatic heterocycles. The first kappa shape index (κ1) is 16.8. The van der Waals surface area contributed by atoms with Gasteiger partial charge in [-0.2, -0.15) is 0 Å². The Kier molecular flexibility index (Phi) is 4.32. The minimum atomic E-state index is -0.102. The van der Waals surface area contributed by atoms with Crippen molar-refractivity contribution in [3.8, 4) is 5.75 Å². The van der Waals surface area contributed by atoms with Crippen LogP contribution in [0, 0.1) is 5.92 Å². The quantitative estimate of drug-likeness (QED) is 0.654. The van der Waals surface area contributed by atoms with Crippen LogP contribution in [0.4, 0.5) is 0 Å². The molecule has 1 amide bonds. The number of carbonyl (C=O) groups excluding carboxylic acids is 1. The van der Waals surface area contributed by atoms with Gasteiger partial charge in [0.2, 0.25) is 5.91 Å². The summed E-state index contributed by atoms with van der Waals surface area (Å²) in [6.45, 7) is 1.29. The molecule has 1 saturated heterocycles. The third-order valence-electron chi connectivity index (χ3n) is 5.61. The molecule has 138 valence electrons. The van der Waals surface area contributed by atoms with Gasteiger partial charge in [-0.3, -0.25) is 4.79 Å². The van der Waals surface area contributed by atoms with Gasteiger partial charge in [-0.05, 0) is 49.4 Å². The number of likely N-dealkylation sites (tertiary alicyclic amines) is 1. The molecule has 5 heteroatoms. The van der Waals surface area contributed by atoms with E-state index in [0.717, 1.165) is 54.1 Å². The lowest BCUT2D eigenvalue weighted by molar-refractivity contribution is -0.141. The van der Waals surface area contributed by atoms with E-state index >= 15 is 0 Å². The minimum absolute atomic E-state index is 0.0980. The lowest BCUT2D eigenvalue weighted by Gasteiger charge is -2.37. The van der Waals surface area contributed by atoms with Crippen molar-refractivity contribution < 1.29 is 9.53 Å². The third kappa shape index (κ3) is 3.10. The monoisotopic (exact) mass is 378 g/mol. The van der Waals surface area contributed by atoms with E-state index in [1.807, 2.05) is 30.3 Å². The summed E-state index contributed by atoms with van der Waals surface area (Å²) in [4.78, 5) is 20.3. The largest absolute Gasteiger partial charge is 0.492 e. The fourth-order valence-electron chi connectivity index (χ4n) is 4.21. The van der Waals surface area contributed by atoms with Gasteiger partial charge in [-0.1, -0.05) is 30.3 Å². The number of thiazole rings is 1. The molecule has 0 spiro atoms. The Hall–Kier alpha value is -2.40. The first-order chi connectivity index (χ1) is 13.3. The maximum absolute atomic E-state index is 13.4. The highest BCUT2D eigenvalue weighted by Gasteiger charge is 2.36. The summed E-state index contributed by atoms with van der Waals surface area (Å²) in [6.07, 6.45) is 3.97. The Labute approximate surface area is 162 Å². The maximum Gasteiger partial charge on any atom is 0.230 e. The lowest BCUT2D eigenvalue weighted by atomic mass is 9.93. The highest BCUT2D eigenvalue weighted by molar-refractivity contribution is 7.18. The third-order valence-corrected chi connectivity index (χ3v) is 6.75. The average Bonchev–Trinajstić information content (AvgIpc) is 3.17. The summed E-state index contributed by atoms with van der Waals surface area (Å²) in [7, 11) is 0. The average molecular weight is 378 g/mol. The maximum atomic E-state index is 13.4. The van der Waals surface area contributed by atoms with Crippen LogP contribution in [0.5, 0.6) is 5.75 Å². The molecule has 5 rings (SSSR count). The smallest absolute Gasteiger partial charge is 0.230 e. The van der Waals surface area contributed by atoms with Gasteiger partial charge in [-0.15, -0.1) is 11.3 Å². The Morgan fingerprint density at radius 1 is 1.11 bits per heavy atom. The van der Waals surface area contributed by atoms with E-state index in [2.05, 4.69) is 23.1 Å². The van der Waals surface area contributed by atoms with Crippen molar-refractivity contribution in [3.63, 3.8) is 0 Å². The normalized spacial score (nSPS) is 22.3. The number of benzene rings is 2. The molecule has 3 heterocycles. The molecule has 1 fully saturated rings. The summed E-state index contributed by atoms with van der Waals surface area (Å²) in [6, 6.07) is 16.4. The second-order valence-corrected chi connectivity index (χ2v) is 8.45. The number of ether oxygens (including phenoxy) is 1. The second kappa shape index (κ2) is 6.97. The SMILES string of the molecule is O=C(C1COc2ccccc2C1)N1CCCCC1c1nc2ccccc2s1. The topological polar surface area (TPSA) is 42.4 Å². The fourth-order valence-corrected chi connectivity index (χ4v) is 5.32. The number of hydrogen-bond acceptors (Lipinski definition) is 4. The van der Waals surface area contributed by atoms with Crippen LogP contribution < -0.4 is 4.74 Å². The number of fused-ring (bicyclic) bond motifs is 2. The minimum Gasteiger partial charge on any atom is -0.492 e. The molecule has 0 aliphatic carbocycles. The van der Waals surface area contributed by atoms with E-state index in [4.69, 9.17) is 9.72 Å². The van der Waals surface area contributed by atoms with Crippen molar-refractivity contribution in [3.05, 3.63) is 59.1 Å². The molecule has 0 bridgehead atoms. The van der Waals surface area contributed by atoms with E-state index < -0.39 is 0 Å². The molecule has 2 atom stereocenters. The van der Waals surface area contributed by atoms with Gasteiger partial charge in [0.25, 0.3) is 0 Å². The van der Waals surface area contributed by atoms with Gasteiger partial charge in [0.05, 0.1) is 22.2 Å². The lowest BCUT2D eigenvalue weighted by Crippen LogP contribution is -2.44. The number of nitrogens with zero attached hydrogens (tertiary/aromatic N) is 2. The standard InChI is InChI=1S/C22H22N2O2S/c25-22(16-13-15-7-1-3-10-19(15)26-14-16)24-12-6-5-9-18(24)21-23-17-8-2-4-11-20(17)27-21/h1-4,7-8,10-11,16,18H,5-6,9,12-14H2. The molecular weight excluding hydrogens is 356 g/mol. The van der Waals surface area contributed by atoms with E-state index in [0.29, 0.717) is 6.61 Å². The molecule has 2 unspecified atom stereocenters. The zero-order valence-corrected chi connectivity index (χ0v) is 16.0. The van der Waals surface area contributed by atoms with Crippen molar-refractivity contribution >= 4 is 27.5 Å². The van der Waals surface area contributed by atoms with E-state index in [9.17, 15) is 4.79 Å². The van der Waals surface area contributed by atoms with E-state index in [1.54, 1.807) is 11.3 Å². The fraction of sp³-hybridized carbons (Fsp3) is 0.364. The van der Waals surface area contributed by atoms with Gasteiger partial charge in [0.15, 0.2) is 0 Å². The molecule has 2 aliphatic rings. The zero-order valence-electron chi connectivity index (χ0n) is 15.1. The summed E-state index contributed by atoms with van der Waals surface area (Å²) in [5.74, 6) is 1.03. The van der Waals surface area contributed by atoms with Crippen molar-refractivity contribution in [2.45, 2.75) is 31.7 Å². The number of aromatic nitrogens is 1.